The lowest BCUT2D eigenvalue weighted by molar-refractivity contribution is -0.110. The van der Waals surface area contributed by atoms with E-state index in [0.29, 0.717) is 5.02 Å². The fourth-order valence-corrected chi connectivity index (χ4v) is 3.79. The second-order valence-corrected chi connectivity index (χ2v) is 7.22. The van der Waals surface area contributed by atoms with Gasteiger partial charge in [0.2, 0.25) is 5.24 Å². The first-order valence-corrected chi connectivity index (χ1v) is 8.65. The van der Waals surface area contributed by atoms with Gasteiger partial charge in [0, 0.05) is 5.02 Å². The Morgan fingerprint density at radius 3 is 2.39 bits per heavy atom. The number of hydrogen-bond acceptors (Lipinski definition) is 4. The number of carbonyl (C=O) groups is 1. The van der Waals surface area contributed by atoms with Gasteiger partial charge in [0.25, 0.3) is 10.0 Å². The molecular weight excluding hydrogens is 361 g/mol. The second-order valence-electron chi connectivity index (χ2n) is 4.50. The van der Waals surface area contributed by atoms with E-state index in [2.05, 4.69) is 0 Å². The Morgan fingerprint density at radius 1 is 1.17 bits per heavy atom. The van der Waals surface area contributed by atoms with Crippen LogP contribution in [0.2, 0.25) is 5.02 Å². The lowest BCUT2D eigenvalue weighted by Gasteiger charge is -2.24. The molecule has 0 heterocycles. The van der Waals surface area contributed by atoms with Crippen molar-refractivity contribution in [2.45, 2.75) is 4.90 Å². The first-order chi connectivity index (χ1) is 10.9. The summed E-state index contributed by atoms with van der Waals surface area (Å²) in [5.41, 5.74) is 0.137. The maximum Gasteiger partial charge on any atom is 0.264 e. The number of methoxy groups -OCH3 is 1. The average Bonchev–Trinajstić information content (AvgIpc) is 2.53. The number of nitrogens with zero attached hydrogens (tertiary/aromatic N) is 1. The molecule has 0 amide bonds. The summed E-state index contributed by atoms with van der Waals surface area (Å²) in [5.74, 6) is 0.256. The van der Waals surface area contributed by atoms with Crippen LogP contribution in [0.5, 0.6) is 5.75 Å². The number of sulfonamides is 1. The maximum absolute atomic E-state index is 12.9. The molecule has 0 saturated carbocycles. The summed E-state index contributed by atoms with van der Waals surface area (Å²) in [6.07, 6.45) is 0. The Hall–Kier alpha value is -1.76. The zero-order chi connectivity index (χ0) is 17.0. The van der Waals surface area contributed by atoms with E-state index in [9.17, 15) is 13.2 Å². The van der Waals surface area contributed by atoms with Gasteiger partial charge in [0.15, 0.2) is 0 Å². The van der Waals surface area contributed by atoms with Gasteiger partial charge in [-0.3, -0.25) is 9.10 Å². The van der Waals surface area contributed by atoms with Crippen LogP contribution in [0.4, 0.5) is 5.69 Å². The number of ether oxygens (including phenoxy) is 1. The molecule has 0 N–H and O–H groups in total. The number of carbonyl (C=O) groups excluding carboxylic acids is 1. The van der Waals surface area contributed by atoms with Crippen molar-refractivity contribution >= 4 is 44.2 Å². The van der Waals surface area contributed by atoms with Crippen LogP contribution in [0.1, 0.15) is 0 Å². The van der Waals surface area contributed by atoms with E-state index >= 15 is 0 Å². The van der Waals surface area contributed by atoms with E-state index in [4.69, 9.17) is 27.9 Å². The van der Waals surface area contributed by atoms with E-state index < -0.39 is 21.8 Å². The van der Waals surface area contributed by atoms with E-state index in [0.717, 1.165) is 4.31 Å². The van der Waals surface area contributed by atoms with Crippen molar-refractivity contribution in [3.63, 3.8) is 0 Å². The molecule has 0 aromatic heterocycles. The Bertz CT molecular complexity index is 809. The summed E-state index contributed by atoms with van der Waals surface area (Å²) in [7, 11) is -2.62. The molecule has 2 rings (SSSR count). The molecule has 23 heavy (non-hydrogen) atoms. The molecule has 8 heteroatoms. The highest BCUT2D eigenvalue weighted by Crippen LogP contribution is 2.34. The van der Waals surface area contributed by atoms with Crippen molar-refractivity contribution in [1.29, 1.82) is 0 Å². The zero-order valence-corrected chi connectivity index (χ0v) is 14.4. The number of benzene rings is 2. The summed E-state index contributed by atoms with van der Waals surface area (Å²) in [6, 6.07) is 12.2. The number of rotatable bonds is 6. The molecule has 2 aromatic rings. The van der Waals surface area contributed by atoms with Gasteiger partial charge in [0.05, 0.1) is 17.7 Å². The third kappa shape index (κ3) is 3.96. The topological polar surface area (TPSA) is 63.7 Å². The van der Waals surface area contributed by atoms with Gasteiger partial charge in [-0.1, -0.05) is 29.8 Å². The van der Waals surface area contributed by atoms with Crippen LogP contribution in [0.15, 0.2) is 53.4 Å². The lowest BCUT2D eigenvalue weighted by atomic mass is 10.3. The van der Waals surface area contributed by atoms with E-state index in [1.165, 1.54) is 31.4 Å². The van der Waals surface area contributed by atoms with Crippen LogP contribution in [-0.2, 0) is 14.8 Å². The summed E-state index contributed by atoms with van der Waals surface area (Å²) in [6.45, 7) is -0.546. The van der Waals surface area contributed by atoms with E-state index in [1.807, 2.05) is 0 Å². The third-order valence-electron chi connectivity index (χ3n) is 3.01. The fourth-order valence-electron chi connectivity index (χ4n) is 1.99. The SMILES string of the molecule is COc1ccc(Cl)cc1N(CC(=O)Cl)S(=O)(=O)c1ccccc1. The zero-order valence-electron chi connectivity index (χ0n) is 12.1. The molecule has 0 saturated heterocycles. The van der Waals surface area contributed by atoms with Crippen LogP contribution in [0.25, 0.3) is 0 Å². The lowest BCUT2D eigenvalue weighted by Crippen LogP contribution is -2.34. The summed E-state index contributed by atoms with van der Waals surface area (Å²) in [5, 5.41) is -0.525. The summed E-state index contributed by atoms with van der Waals surface area (Å²) >= 11 is 11.4. The molecule has 0 aliphatic carbocycles. The predicted octanol–water partition coefficient (Wildman–Crippen LogP) is 3.31. The van der Waals surface area contributed by atoms with Gasteiger partial charge >= 0.3 is 0 Å². The smallest absolute Gasteiger partial charge is 0.264 e. The number of halogens is 2. The van der Waals surface area contributed by atoms with Gasteiger partial charge in [-0.25, -0.2) is 8.42 Å². The predicted molar refractivity (Wildman–Crippen MR) is 89.8 cm³/mol. The second kappa shape index (κ2) is 7.21. The number of hydrogen-bond donors (Lipinski definition) is 0. The normalized spacial score (nSPS) is 11.1. The molecule has 0 fully saturated rings. The highest BCUT2D eigenvalue weighted by Gasteiger charge is 2.29. The Kier molecular flexibility index (Phi) is 5.51. The minimum absolute atomic E-state index is 0.0277. The van der Waals surface area contributed by atoms with Crippen molar-refractivity contribution in [2.24, 2.45) is 0 Å². The van der Waals surface area contributed by atoms with Gasteiger partial charge in [0.1, 0.15) is 12.3 Å². The Morgan fingerprint density at radius 2 is 1.83 bits per heavy atom. The van der Waals surface area contributed by atoms with Crippen molar-refractivity contribution in [1.82, 2.24) is 0 Å². The largest absolute Gasteiger partial charge is 0.495 e. The minimum atomic E-state index is -4.01. The van der Waals surface area contributed by atoms with Gasteiger partial charge in [-0.15, -0.1) is 0 Å². The minimum Gasteiger partial charge on any atom is -0.495 e. The molecular formula is C15H13Cl2NO4S. The molecule has 0 aliphatic rings. The fraction of sp³-hybridized carbons (Fsp3) is 0.133. The molecule has 122 valence electrons. The van der Waals surface area contributed by atoms with Crippen molar-refractivity contribution in [3.05, 3.63) is 53.6 Å². The Balaban J connectivity index is 2.63. The quantitative estimate of drug-likeness (QED) is 0.728. The van der Waals surface area contributed by atoms with Crippen LogP contribution in [-0.4, -0.2) is 27.3 Å². The van der Waals surface area contributed by atoms with Gasteiger partial charge in [-0.2, -0.15) is 0 Å². The molecule has 0 radical (unpaired) electrons. The van der Waals surface area contributed by atoms with Crippen LogP contribution >= 0.6 is 23.2 Å². The first-order valence-electron chi connectivity index (χ1n) is 6.46. The monoisotopic (exact) mass is 373 g/mol. The number of anilines is 1. The van der Waals surface area contributed by atoms with Crippen molar-refractivity contribution < 1.29 is 17.9 Å². The molecule has 2 aromatic carbocycles. The van der Waals surface area contributed by atoms with E-state index in [-0.39, 0.29) is 16.3 Å². The standard InChI is InChI=1S/C15H13Cl2NO4S/c1-22-14-8-7-11(16)9-13(14)18(10-15(17)19)23(20,21)12-5-3-2-4-6-12/h2-9H,10H2,1H3. The molecule has 5 nitrogen and oxygen atoms in total. The Labute approximate surface area is 144 Å². The van der Waals surface area contributed by atoms with Crippen LogP contribution in [0.3, 0.4) is 0 Å². The molecule has 0 unspecified atom stereocenters. The van der Waals surface area contributed by atoms with Crippen molar-refractivity contribution in [3.8, 4) is 5.75 Å². The van der Waals surface area contributed by atoms with Crippen LogP contribution in [0, 0.1) is 0 Å². The molecule has 0 aliphatic heterocycles. The molecule has 0 atom stereocenters. The van der Waals surface area contributed by atoms with Crippen molar-refractivity contribution in [2.75, 3.05) is 18.0 Å². The summed E-state index contributed by atoms with van der Waals surface area (Å²) < 4.78 is 31.8. The van der Waals surface area contributed by atoms with Gasteiger partial charge < -0.3 is 4.74 Å². The summed E-state index contributed by atoms with van der Waals surface area (Å²) in [4.78, 5) is 11.4. The highest BCUT2D eigenvalue weighted by molar-refractivity contribution is 7.92. The maximum atomic E-state index is 12.9. The van der Waals surface area contributed by atoms with E-state index in [1.54, 1.807) is 24.3 Å². The molecule has 0 spiro atoms. The average molecular weight is 374 g/mol. The molecule has 0 bridgehead atoms. The van der Waals surface area contributed by atoms with Crippen LogP contribution < -0.4 is 9.04 Å². The van der Waals surface area contributed by atoms with Gasteiger partial charge in [-0.05, 0) is 41.9 Å². The third-order valence-corrected chi connectivity index (χ3v) is 5.14. The highest BCUT2D eigenvalue weighted by atomic mass is 35.5. The first kappa shape index (κ1) is 17.6.